The zero-order valence-electron chi connectivity index (χ0n) is 9.52. The Morgan fingerprint density at radius 1 is 1.33 bits per heavy atom. The summed E-state index contributed by atoms with van der Waals surface area (Å²) < 4.78 is 4.21. The van der Waals surface area contributed by atoms with Crippen LogP contribution in [0.4, 0.5) is 0 Å². The van der Waals surface area contributed by atoms with E-state index >= 15 is 0 Å². The predicted molar refractivity (Wildman–Crippen MR) is 87.9 cm³/mol. The highest BCUT2D eigenvalue weighted by Gasteiger charge is 2.05. The predicted octanol–water partition coefficient (Wildman–Crippen LogP) is 4.61. The second-order valence-corrected chi connectivity index (χ2v) is 6.74. The molecule has 0 saturated heterocycles. The maximum absolute atomic E-state index is 5.40. The molecule has 0 radical (unpaired) electrons. The van der Waals surface area contributed by atoms with Gasteiger partial charge in [0.2, 0.25) is 0 Å². The van der Waals surface area contributed by atoms with Gasteiger partial charge in [0.1, 0.15) is 0 Å². The van der Waals surface area contributed by atoms with Crippen LogP contribution in [-0.4, -0.2) is 9.55 Å². The quantitative estimate of drug-likeness (QED) is 0.515. The minimum Gasteiger partial charge on any atom is -0.331 e. The largest absolute Gasteiger partial charge is 0.331 e. The van der Waals surface area contributed by atoms with Gasteiger partial charge in [0.05, 0.1) is 11.0 Å². The molecule has 2 nitrogen and oxygen atoms in total. The van der Waals surface area contributed by atoms with Gasteiger partial charge in [-0.2, -0.15) is 0 Å². The molecule has 2 heterocycles. The van der Waals surface area contributed by atoms with Crippen LogP contribution in [0.1, 0.15) is 4.88 Å². The monoisotopic (exact) mass is 386 g/mol. The third kappa shape index (κ3) is 2.39. The zero-order valence-corrected chi connectivity index (χ0v) is 13.3. The number of aromatic nitrogens is 2. The van der Waals surface area contributed by atoms with Crippen molar-refractivity contribution in [2.24, 2.45) is 0 Å². The van der Waals surface area contributed by atoms with Crippen molar-refractivity contribution >= 4 is 57.2 Å². The molecule has 0 bridgehead atoms. The Hall–Kier alpha value is -0.660. The van der Waals surface area contributed by atoms with Gasteiger partial charge in [0.25, 0.3) is 0 Å². The first-order valence-electron chi connectivity index (χ1n) is 5.64. The highest BCUT2D eigenvalue weighted by Crippen LogP contribution is 2.18. The van der Waals surface area contributed by atoms with E-state index in [0.717, 1.165) is 23.3 Å². The normalized spacial score (nSPS) is 11.2. The average Bonchev–Trinajstić information content (AvgIpc) is 2.93. The number of H-pyrrole nitrogens is 1. The van der Waals surface area contributed by atoms with E-state index in [-0.39, 0.29) is 0 Å². The van der Waals surface area contributed by atoms with E-state index in [9.17, 15) is 0 Å². The fraction of sp³-hybridized carbons (Fsp3) is 0.154. The number of nitrogens with zero attached hydrogens (tertiary/aromatic N) is 1. The van der Waals surface area contributed by atoms with E-state index in [1.165, 1.54) is 14.0 Å². The third-order valence-corrected chi connectivity index (χ3v) is 4.83. The van der Waals surface area contributed by atoms with Crippen molar-refractivity contribution < 1.29 is 0 Å². The maximum atomic E-state index is 5.40. The first-order valence-corrected chi connectivity index (χ1v) is 8.01. The Morgan fingerprint density at radius 3 is 3.00 bits per heavy atom. The molecule has 1 N–H and O–H groups in total. The lowest BCUT2D eigenvalue weighted by Gasteiger charge is -2.03. The van der Waals surface area contributed by atoms with Crippen LogP contribution in [0, 0.1) is 8.34 Å². The molecule has 0 atom stereocenters. The molecule has 1 aromatic carbocycles. The van der Waals surface area contributed by atoms with E-state index < -0.39 is 0 Å². The molecule has 0 fully saturated rings. The summed E-state index contributed by atoms with van der Waals surface area (Å²) in [5.74, 6) is 0. The van der Waals surface area contributed by atoms with Crippen molar-refractivity contribution in [1.82, 2.24) is 9.55 Å². The van der Waals surface area contributed by atoms with E-state index in [2.05, 4.69) is 67.9 Å². The summed E-state index contributed by atoms with van der Waals surface area (Å²) in [5.41, 5.74) is 2.31. The summed E-state index contributed by atoms with van der Waals surface area (Å²) in [6, 6.07) is 10.7. The van der Waals surface area contributed by atoms with Crippen LogP contribution >= 0.6 is 46.1 Å². The number of imidazole rings is 1. The summed E-state index contributed by atoms with van der Waals surface area (Å²) >= 11 is 9.52. The van der Waals surface area contributed by atoms with Crippen LogP contribution in [0.5, 0.6) is 0 Å². The number of hydrogen-bond acceptors (Lipinski definition) is 2. The van der Waals surface area contributed by atoms with Gasteiger partial charge < -0.3 is 9.55 Å². The van der Waals surface area contributed by atoms with Gasteiger partial charge in [0, 0.05) is 15.0 Å². The van der Waals surface area contributed by atoms with Crippen molar-refractivity contribution in [3.8, 4) is 0 Å². The number of rotatable bonds is 3. The fourth-order valence-corrected chi connectivity index (χ4v) is 3.52. The Kier molecular flexibility index (Phi) is 3.54. The number of aromatic amines is 1. The first kappa shape index (κ1) is 12.4. The molecule has 0 spiro atoms. The highest BCUT2D eigenvalue weighted by molar-refractivity contribution is 14.1. The minimum absolute atomic E-state index is 0.809. The third-order valence-electron chi connectivity index (χ3n) is 2.90. The Labute approximate surface area is 128 Å². The number of halogens is 1. The Balaban J connectivity index is 1.96. The molecule has 5 heteroatoms. The van der Waals surface area contributed by atoms with Gasteiger partial charge in [-0.3, -0.25) is 0 Å². The molecular formula is C13H11IN2S2. The molecular weight excluding hydrogens is 375 g/mol. The summed E-state index contributed by atoms with van der Waals surface area (Å²) in [6.07, 6.45) is 1.03. The molecule has 3 aromatic rings. The summed E-state index contributed by atoms with van der Waals surface area (Å²) in [4.78, 5) is 4.67. The van der Waals surface area contributed by atoms with Crippen molar-refractivity contribution in [2.45, 2.75) is 13.0 Å². The van der Waals surface area contributed by atoms with Crippen LogP contribution in [0.25, 0.3) is 11.0 Å². The number of hydrogen-bond donors (Lipinski definition) is 1. The Bertz CT molecular complexity index is 725. The lowest BCUT2D eigenvalue weighted by Crippen LogP contribution is -2.00. The highest BCUT2D eigenvalue weighted by atomic mass is 127. The molecule has 0 aliphatic carbocycles. The smallest absolute Gasteiger partial charge is 0.178 e. The number of thiophene rings is 1. The number of aryl methyl sites for hydroxylation is 2. The molecule has 92 valence electrons. The van der Waals surface area contributed by atoms with Gasteiger partial charge >= 0.3 is 0 Å². The van der Waals surface area contributed by atoms with Crippen LogP contribution < -0.4 is 0 Å². The van der Waals surface area contributed by atoms with Gasteiger partial charge in [-0.25, -0.2) is 0 Å². The average molecular weight is 386 g/mol. The molecule has 0 saturated carbocycles. The van der Waals surface area contributed by atoms with Crippen LogP contribution in [0.3, 0.4) is 0 Å². The van der Waals surface area contributed by atoms with Crippen LogP contribution in [0.2, 0.25) is 0 Å². The SMILES string of the molecule is S=c1[nH]c2cc(I)ccc2n1CCc1cccs1. The number of nitrogens with one attached hydrogen (secondary N) is 1. The molecule has 0 aliphatic rings. The van der Waals surface area contributed by atoms with Crippen molar-refractivity contribution in [3.05, 3.63) is 48.9 Å². The molecule has 3 rings (SSSR count). The summed E-state index contributed by atoms with van der Waals surface area (Å²) in [5, 5.41) is 2.12. The van der Waals surface area contributed by atoms with Gasteiger partial charge in [-0.1, -0.05) is 6.07 Å². The summed E-state index contributed by atoms with van der Waals surface area (Å²) in [7, 11) is 0. The van der Waals surface area contributed by atoms with E-state index in [1.807, 2.05) is 0 Å². The second kappa shape index (κ2) is 5.14. The fourth-order valence-electron chi connectivity index (χ4n) is 2.03. The maximum Gasteiger partial charge on any atom is 0.178 e. The van der Waals surface area contributed by atoms with Crippen LogP contribution in [-0.2, 0) is 13.0 Å². The van der Waals surface area contributed by atoms with E-state index in [1.54, 1.807) is 11.3 Å². The standard InChI is InChI=1S/C13H11IN2S2/c14-9-3-4-12-11(8-9)15-13(17)16(12)6-5-10-2-1-7-18-10/h1-4,7-8H,5-6H2,(H,15,17). The van der Waals surface area contributed by atoms with Crippen molar-refractivity contribution in [2.75, 3.05) is 0 Å². The first-order chi connectivity index (χ1) is 8.74. The molecule has 18 heavy (non-hydrogen) atoms. The van der Waals surface area contributed by atoms with Gasteiger partial charge in [-0.15, -0.1) is 11.3 Å². The van der Waals surface area contributed by atoms with E-state index in [4.69, 9.17) is 12.2 Å². The van der Waals surface area contributed by atoms with Crippen molar-refractivity contribution in [3.63, 3.8) is 0 Å². The molecule has 0 aliphatic heterocycles. The lowest BCUT2D eigenvalue weighted by atomic mass is 10.3. The second-order valence-electron chi connectivity index (χ2n) is 4.07. The topological polar surface area (TPSA) is 20.7 Å². The lowest BCUT2D eigenvalue weighted by molar-refractivity contribution is 0.712. The van der Waals surface area contributed by atoms with E-state index in [0.29, 0.717) is 0 Å². The molecule has 0 unspecified atom stereocenters. The zero-order chi connectivity index (χ0) is 12.5. The minimum atomic E-state index is 0.809. The van der Waals surface area contributed by atoms with Crippen molar-refractivity contribution in [1.29, 1.82) is 0 Å². The van der Waals surface area contributed by atoms with Gasteiger partial charge in [-0.05, 0) is 70.9 Å². The summed E-state index contributed by atoms with van der Waals surface area (Å²) in [6.45, 7) is 0.930. The number of benzene rings is 1. The Morgan fingerprint density at radius 2 is 2.22 bits per heavy atom. The molecule has 0 amide bonds. The van der Waals surface area contributed by atoms with Crippen LogP contribution in [0.15, 0.2) is 35.7 Å². The molecule has 2 aromatic heterocycles. The van der Waals surface area contributed by atoms with Gasteiger partial charge in [0.15, 0.2) is 4.77 Å². The number of fused-ring (bicyclic) bond motifs is 1.